The summed E-state index contributed by atoms with van der Waals surface area (Å²) in [4.78, 5) is 2.47. The molecule has 1 unspecified atom stereocenters. The molecule has 0 spiro atoms. The maximum Gasteiger partial charge on any atom is 0.136 e. The Morgan fingerprint density at radius 2 is 1.05 bits per heavy atom. The second-order valence-corrected chi connectivity index (χ2v) is 15.6. The van der Waals surface area contributed by atoms with Gasteiger partial charge >= 0.3 is 0 Å². The third-order valence-corrected chi connectivity index (χ3v) is 12.6. The van der Waals surface area contributed by atoms with Gasteiger partial charge in [0.05, 0.1) is 11.0 Å². The quantitative estimate of drug-likeness (QED) is 0.168. The number of hydrogen-bond acceptors (Lipinski definition) is 2. The lowest BCUT2D eigenvalue weighted by Gasteiger charge is -2.27. The highest BCUT2D eigenvalue weighted by Crippen LogP contribution is 2.52. The van der Waals surface area contributed by atoms with Gasteiger partial charge < -0.3 is 13.9 Å². The summed E-state index contributed by atoms with van der Waals surface area (Å²) >= 11 is 0. The highest BCUT2D eigenvalue weighted by Gasteiger charge is 2.33. The normalized spacial score (nSPS) is 14.8. The molecule has 0 amide bonds. The molecule has 3 heteroatoms. The van der Waals surface area contributed by atoms with Crippen LogP contribution in [-0.4, -0.2) is 4.57 Å². The Morgan fingerprint density at radius 3 is 1.84 bits per heavy atom. The monoisotopic (exact) mass is 726 g/mol. The molecule has 1 aliphatic carbocycles. The molecule has 11 aromatic rings. The zero-order chi connectivity index (χ0) is 37.2. The number of hydrogen-bond donors (Lipinski definition) is 0. The maximum absolute atomic E-state index is 6.29. The van der Waals surface area contributed by atoms with E-state index in [1.54, 1.807) is 0 Å². The van der Waals surface area contributed by atoms with Crippen molar-refractivity contribution in [2.75, 3.05) is 4.90 Å². The molecular weight excluding hydrogens is 693 g/mol. The van der Waals surface area contributed by atoms with Crippen molar-refractivity contribution in [2.24, 2.45) is 0 Å². The molecule has 13 rings (SSSR count). The molecule has 3 heterocycles. The van der Waals surface area contributed by atoms with Crippen molar-refractivity contribution in [3.05, 3.63) is 194 Å². The first-order valence-electron chi connectivity index (χ1n) is 19.9. The number of aromatic nitrogens is 1. The number of rotatable bonds is 4. The maximum atomic E-state index is 6.29. The molecule has 9 aromatic carbocycles. The molecule has 0 radical (unpaired) electrons. The summed E-state index contributed by atoms with van der Waals surface area (Å²) in [5.41, 5.74) is 12.9. The summed E-state index contributed by atoms with van der Waals surface area (Å²) in [5, 5.41) is 12.5. The average molecular weight is 727 g/mol. The smallest absolute Gasteiger partial charge is 0.136 e. The molecule has 266 valence electrons. The van der Waals surface area contributed by atoms with Crippen LogP contribution in [-0.2, 0) is 0 Å². The largest absolute Gasteiger partial charge is 0.456 e. The lowest BCUT2D eigenvalue weighted by atomic mass is 9.90. The molecule has 2 aliphatic rings. The zero-order valence-electron chi connectivity index (χ0n) is 31.0. The van der Waals surface area contributed by atoms with Crippen LogP contribution in [0.25, 0.3) is 92.9 Å². The highest BCUT2D eigenvalue weighted by molar-refractivity contribution is 6.26. The van der Waals surface area contributed by atoms with E-state index in [4.69, 9.17) is 4.42 Å². The Kier molecular flexibility index (Phi) is 6.28. The Labute approximate surface area is 328 Å². The van der Waals surface area contributed by atoms with Crippen LogP contribution in [0.2, 0.25) is 0 Å². The molecule has 0 bridgehead atoms. The van der Waals surface area contributed by atoms with Gasteiger partial charge in [-0.1, -0.05) is 121 Å². The number of allylic oxidation sites excluding steroid dienone is 4. The van der Waals surface area contributed by atoms with Crippen LogP contribution in [0.5, 0.6) is 0 Å². The molecule has 1 aliphatic heterocycles. The molecule has 0 saturated heterocycles. The van der Waals surface area contributed by atoms with Crippen molar-refractivity contribution < 1.29 is 4.42 Å². The number of benzene rings is 9. The third-order valence-electron chi connectivity index (χ3n) is 12.6. The zero-order valence-corrected chi connectivity index (χ0v) is 31.0. The number of anilines is 3. The van der Waals surface area contributed by atoms with E-state index in [9.17, 15) is 0 Å². The SMILES string of the molecule is C1=CCC2C(=C1)n1c3ccccc3c3cc(N(c4ccc(-c5ccc6c(c5)oc5ccccc56)cc4)c4ccc5c6ccccc6c6ccccc6c5c4)cc2c31. The second-order valence-electron chi connectivity index (χ2n) is 15.6. The first-order chi connectivity index (χ1) is 28.3. The number of nitrogens with zero attached hydrogens (tertiary/aromatic N) is 2. The Balaban J connectivity index is 1.04. The van der Waals surface area contributed by atoms with E-state index in [1.807, 2.05) is 12.1 Å². The molecule has 0 fully saturated rings. The van der Waals surface area contributed by atoms with E-state index >= 15 is 0 Å². The van der Waals surface area contributed by atoms with Crippen molar-refractivity contribution in [1.29, 1.82) is 0 Å². The van der Waals surface area contributed by atoms with Gasteiger partial charge in [-0.2, -0.15) is 0 Å². The van der Waals surface area contributed by atoms with Gasteiger partial charge in [0.2, 0.25) is 0 Å². The van der Waals surface area contributed by atoms with Crippen molar-refractivity contribution in [2.45, 2.75) is 12.3 Å². The third kappa shape index (κ3) is 4.37. The fourth-order valence-corrected chi connectivity index (χ4v) is 10.1. The van der Waals surface area contributed by atoms with Gasteiger partial charge in [0, 0.05) is 50.2 Å². The van der Waals surface area contributed by atoms with E-state index in [0.717, 1.165) is 56.5 Å². The molecule has 0 N–H and O–H groups in total. The van der Waals surface area contributed by atoms with Gasteiger partial charge in [-0.25, -0.2) is 0 Å². The fourth-order valence-electron chi connectivity index (χ4n) is 10.1. The summed E-state index contributed by atoms with van der Waals surface area (Å²) in [7, 11) is 0. The van der Waals surface area contributed by atoms with Gasteiger partial charge in [-0.3, -0.25) is 0 Å². The molecule has 2 aromatic heterocycles. The van der Waals surface area contributed by atoms with Gasteiger partial charge in [-0.15, -0.1) is 0 Å². The van der Waals surface area contributed by atoms with Crippen LogP contribution in [0, 0.1) is 0 Å². The summed E-state index contributed by atoms with van der Waals surface area (Å²) in [5.74, 6) is 0.321. The molecule has 57 heavy (non-hydrogen) atoms. The average Bonchev–Trinajstić information content (AvgIpc) is 3.93. The minimum absolute atomic E-state index is 0.321. The van der Waals surface area contributed by atoms with Crippen molar-refractivity contribution in [3.63, 3.8) is 0 Å². The summed E-state index contributed by atoms with van der Waals surface area (Å²) in [6.07, 6.45) is 7.86. The van der Waals surface area contributed by atoms with E-state index in [1.165, 1.54) is 65.4 Å². The van der Waals surface area contributed by atoms with Crippen molar-refractivity contribution in [1.82, 2.24) is 4.57 Å². The van der Waals surface area contributed by atoms with Crippen molar-refractivity contribution >= 4 is 98.8 Å². The van der Waals surface area contributed by atoms with E-state index < -0.39 is 0 Å². The Morgan fingerprint density at radius 1 is 0.456 bits per heavy atom. The molecule has 1 atom stereocenters. The predicted octanol–water partition coefficient (Wildman–Crippen LogP) is 15.2. The van der Waals surface area contributed by atoms with Crippen LogP contribution in [0.3, 0.4) is 0 Å². The van der Waals surface area contributed by atoms with E-state index in [-0.39, 0.29) is 0 Å². The van der Waals surface area contributed by atoms with Gasteiger partial charge in [-0.05, 0) is 122 Å². The van der Waals surface area contributed by atoms with Crippen molar-refractivity contribution in [3.8, 4) is 11.1 Å². The second kappa shape index (κ2) is 11.6. The Bertz CT molecular complexity index is 3530. The number of furan rings is 1. The van der Waals surface area contributed by atoms with Gasteiger partial charge in [0.1, 0.15) is 11.2 Å². The van der Waals surface area contributed by atoms with Crippen LogP contribution in [0.1, 0.15) is 17.9 Å². The number of fused-ring (bicyclic) bond motifs is 15. The van der Waals surface area contributed by atoms with Crippen LogP contribution < -0.4 is 4.90 Å². The lowest BCUT2D eigenvalue weighted by Crippen LogP contribution is -2.11. The first kappa shape index (κ1) is 30.9. The van der Waals surface area contributed by atoms with Gasteiger partial charge in [0.25, 0.3) is 0 Å². The van der Waals surface area contributed by atoms with Crippen LogP contribution in [0.4, 0.5) is 17.1 Å². The number of para-hydroxylation sites is 2. The minimum Gasteiger partial charge on any atom is -0.456 e. The molecule has 3 nitrogen and oxygen atoms in total. The van der Waals surface area contributed by atoms with E-state index in [0.29, 0.717) is 5.92 Å². The van der Waals surface area contributed by atoms with Crippen LogP contribution in [0.15, 0.2) is 193 Å². The first-order valence-corrected chi connectivity index (χ1v) is 19.9. The predicted molar refractivity (Wildman–Crippen MR) is 240 cm³/mol. The highest BCUT2D eigenvalue weighted by atomic mass is 16.3. The Hall–Kier alpha value is -7.36. The lowest BCUT2D eigenvalue weighted by molar-refractivity contribution is 0.669. The topological polar surface area (TPSA) is 21.3 Å². The van der Waals surface area contributed by atoms with E-state index in [2.05, 4.69) is 185 Å². The summed E-state index contributed by atoms with van der Waals surface area (Å²) < 4.78 is 8.81. The minimum atomic E-state index is 0.321. The fraction of sp³-hybridized carbons (Fsp3) is 0.0370. The molecular formula is C54H34N2O. The molecule has 0 saturated carbocycles. The summed E-state index contributed by atoms with van der Waals surface area (Å²) in [6.45, 7) is 0. The van der Waals surface area contributed by atoms with Gasteiger partial charge in [0.15, 0.2) is 0 Å². The summed E-state index contributed by atoms with van der Waals surface area (Å²) in [6, 6.07) is 62.5. The standard InChI is InChI=1S/C54H34N2O/c1-2-13-40-38(11-1)39-12-3-4-14-41(39)47-30-36(26-28-42(40)47)55(35-24-21-33(22-25-35)34-23-27-46-45-17-7-10-20-52(45)57-53(46)29-34)37-31-48-43-15-5-8-18-50(43)56-51-19-9-6-16-44(51)49(32-37)54(48)56/h1-15,17-32,44H,16H2. The van der Waals surface area contributed by atoms with Crippen LogP contribution >= 0.6 is 0 Å².